The van der Waals surface area contributed by atoms with Crippen molar-refractivity contribution in [3.63, 3.8) is 0 Å². The van der Waals surface area contributed by atoms with Gasteiger partial charge in [-0.15, -0.1) is 0 Å². The van der Waals surface area contributed by atoms with Crippen molar-refractivity contribution < 1.29 is 14.3 Å². The average Bonchev–Trinajstić information content (AvgIpc) is 2.93. The second-order valence-corrected chi connectivity index (χ2v) is 7.83. The molecule has 27 heavy (non-hydrogen) atoms. The van der Waals surface area contributed by atoms with Gasteiger partial charge in [-0.3, -0.25) is 15.0 Å². The van der Waals surface area contributed by atoms with E-state index in [1.54, 1.807) is 30.3 Å². The highest BCUT2D eigenvalue weighted by Crippen LogP contribution is 2.36. The van der Waals surface area contributed by atoms with E-state index in [1.807, 2.05) is 32.0 Å². The Morgan fingerprint density at radius 1 is 1.15 bits per heavy atom. The zero-order valence-corrected chi connectivity index (χ0v) is 18.0. The third kappa shape index (κ3) is 4.25. The van der Waals surface area contributed by atoms with Crippen molar-refractivity contribution in [3.05, 3.63) is 62.5 Å². The van der Waals surface area contributed by atoms with E-state index >= 15 is 0 Å². The second-order valence-electron chi connectivity index (χ2n) is 6.13. The highest BCUT2D eigenvalue weighted by Gasteiger charge is 2.34. The fourth-order valence-electron chi connectivity index (χ4n) is 2.54. The van der Waals surface area contributed by atoms with E-state index < -0.39 is 11.8 Å². The number of carbonyl (C=O) groups is 2. The number of rotatable bonds is 5. The number of hydrogen-bond acceptors (Lipinski definition) is 3. The number of hydrazine groups is 1. The molecule has 5 nitrogen and oxygen atoms in total. The molecule has 0 saturated carbocycles. The largest absolute Gasteiger partial charge is 0.488 e. The molecule has 0 aliphatic carbocycles. The molecule has 3 rings (SSSR count). The minimum atomic E-state index is -0.434. The Bertz CT molecular complexity index is 890. The molecule has 1 aliphatic heterocycles. The number of nitrogens with one attached hydrogen (secondary N) is 1. The standard InChI is InChI=1S/C20H18Br2N2O3/c1-3-12(2)27-18-16(21)10-13(11-17(18)22)9-15-19(25)23-24(20(15)26)14-7-5-4-6-8-14/h4-12H,3H2,1-2H3,(H,23,25). The third-order valence-corrected chi connectivity index (χ3v) is 5.31. The quantitative estimate of drug-likeness (QED) is 0.478. The van der Waals surface area contributed by atoms with Gasteiger partial charge in [-0.1, -0.05) is 25.1 Å². The maximum atomic E-state index is 12.7. The average molecular weight is 494 g/mol. The summed E-state index contributed by atoms with van der Waals surface area (Å²) in [6, 6.07) is 12.6. The van der Waals surface area contributed by atoms with Crippen LogP contribution < -0.4 is 15.2 Å². The summed E-state index contributed by atoms with van der Waals surface area (Å²) in [5, 5.41) is 1.25. The highest BCUT2D eigenvalue weighted by molar-refractivity contribution is 9.11. The summed E-state index contributed by atoms with van der Waals surface area (Å²) in [6.07, 6.45) is 2.53. The van der Waals surface area contributed by atoms with E-state index in [9.17, 15) is 9.59 Å². The molecule has 2 amide bonds. The molecule has 1 unspecified atom stereocenters. The van der Waals surface area contributed by atoms with Crippen LogP contribution in [0.15, 0.2) is 57.0 Å². The molecular formula is C20H18Br2N2O3. The first kappa shape index (κ1) is 19.6. The van der Waals surface area contributed by atoms with E-state index in [4.69, 9.17) is 4.74 Å². The first-order chi connectivity index (χ1) is 12.9. The van der Waals surface area contributed by atoms with Crippen molar-refractivity contribution in [2.24, 2.45) is 0 Å². The van der Waals surface area contributed by atoms with Gasteiger partial charge in [-0.25, -0.2) is 5.01 Å². The first-order valence-electron chi connectivity index (χ1n) is 8.48. The lowest BCUT2D eigenvalue weighted by Gasteiger charge is -2.16. The molecule has 1 saturated heterocycles. The van der Waals surface area contributed by atoms with Gasteiger partial charge in [0.15, 0.2) is 0 Å². The number of hydrogen-bond donors (Lipinski definition) is 1. The molecule has 1 aliphatic rings. The van der Waals surface area contributed by atoms with Gasteiger partial charge in [0.1, 0.15) is 11.3 Å². The minimum Gasteiger partial charge on any atom is -0.488 e. The number of anilines is 1. The summed E-state index contributed by atoms with van der Waals surface area (Å²) in [4.78, 5) is 25.0. The summed E-state index contributed by atoms with van der Waals surface area (Å²) in [6.45, 7) is 4.04. The fourth-order valence-corrected chi connectivity index (χ4v) is 3.95. The van der Waals surface area contributed by atoms with Gasteiger partial charge >= 0.3 is 0 Å². The lowest BCUT2D eigenvalue weighted by molar-refractivity contribution is -0.117. The Labute approximate surface area is 174 Å². The number of nitrogens with zero attached hydrogens (tertiary/aromatic N) is 1. The van der Waals surface area contributed by atoms with Crippen LogP contribution >= 0.6 is 31.9 Å². The molecule has 2 aromatic carbocycles. The Morgan fingerprint density at radius 3 is 2.37 bits per heavy atom. The van der Waals surface area contributed by atoms with Crippen molar-refractivity contribution in [2.75, 3.05) is 5.01 Å². The van der Waals surface area contributed by atoms with Gasteiger partial charge in [-0.05, 0) is 81.1 Å². The van der Waals surface area contributed by atoms with Gasteiger partial charge in [0.05, 0.1) is 20.7 Å². The summed E-state index contributed by atoms with van der Waals surface area (Å²) >= 11 is 7.01. The topological polar surface area (TPSA) is 58.6 Å². The molecule has 0 spiro atoms. The van der Waals surface area contributed by atoms with Gasteiger partial charge in [0, 0.05) is 0 Å². The van der Waals surface area contributed by atoms with Crippen LogP contribution in [0.4, 0.5) is 5.69 Å². The van der Waals surface area contributed by atoms with E-state index in [0.29, 0.717) is 17.0 Å². The number of carbonyl (C=O) groups excluding carboxylic acids is 2. The molecule has 1 atom stereocenters. The normalized spacial score (nSPS) is 16.6. The zero-order chi connectivity index (χ0) is 19.6. The molecule has 7 heteroatoms. The lowest BCUT2D eigenvalue weighted by Crippen LogP contribution is -2.35. The van der Waals surface area contributed by atoms with Crippen LogP contribution in [0.3, 0.4) is 0 Å². The molecule has 1 fully saturated rings. The molecule has 1 heterocycles. The minimum absolute atomic E-state index is 0.0726. The van der Waals surface area contributed by atoms with E-state index in [2.05, 4.69) is 37.3 Å². The van der Waals surface area contributed by atoms with E-state index in [0.717, 1.165) is 15.4 Å². The molecule has 0 aromatic heterocycles. The van der Waals surface area contributed by atoms with Gasteiger partial charge in [-0.2, -0.15) is 0 Å². The number of halogens is 2. The predicted molar refractivity (Wildman–Crippen MR) is 112 cm³/mol. The van der Waals surface area contributed by atoms with Crippen molar-refractivity contribution in [1.82, 2.24) is 5.43 Å². The monoisotopic (exact) mass is 492 g/mol. The van der Waals surface area contributed by atoms with Crippen LogP contribution in [0.2, 0.25) is 0 Å². The summed E-state index contributed by atoms with van der Waals surface area (Å²) < 4.78 is 7.39. The van der Waals surface area contributed by atoms with Crippen molar-refractivity contribution >= 4 is 55.4 Å². The Balaban J connectivity index is 1.90. The summed E-state index contributed by atoms with van der Waals surface area (Å²) in [5.41, 5.74) is 3.99. The van der Waals surface area contributed by atoms with E-state index in [-0.39, 0.29) is 11.7 Å². The first-order valence-corrected chi connectivity index (χ1v) is 10.1. The van der Waals surface area contributed by atoms with Crippen molar-refractivity contribution in [2.45, 2.75) is 26.4 Å². The van der Waals surface area contributed by atoms with Crippen LogP contribution in [0.5, 0.6) is 5.75 Å². The van der Waals surface area contributed by atoms with Crippen molar-refractivity contribution in [3.8, 4) is 5.75 Å². The Hall–Kier alpha value is -2.12. The van der Waals surface area contributed by atoms with Gasteiger partial charge in [0.25, 0.3) is 11.8 Å². The zero-order valence-electron chi connectivity index (χ0n) is 14.8. The van der Waals surface area contributed by atoms with Crippen LogP contribution in [0.25, 0.3) is 6.08 Å². The maximum Gasteiger partial charge on any atom is 0.282 e. The molecule has 1 N–H and O–H groups in total. The molecule has 0 bridgehead atoms. The van der Waals surface area contributed by atoms with Crippen LogP contribution in [0.1, 0.15) is 25.8 Å². The summed E-state index contributed by atoms with van der Waals surface area (Å²) in [7, 11) is 0. The number of para-hydroxylation sites is 1. The Morgan fingerprint density at radius 2 is 1.78 bits per heavy atom. The lowest BCUT2D eigenvalue weighted by atomic mass is 10.1. The molecule has 0 radical (unpaired) electrons. The smallest absolute Gasteiger partial charge is 0.282 e. The second kappa shape index (κ2) is 8.27. The molecule has 2 aromatic rings. The van der Waals surface area contributed by atoms with Crippen molar-refractivity contribution in [1.29, 1.82) is 0 Å². The van der Waals surface area contributed by atoms with Crippen LogP contribution in [0, 0.1) is 0 Å². The highest BCUT2D eigenvalue weighted by atomic mass is 79.9. The van der Waals surface area contributed by atoms with Crippen LogP contribution in [-0.4, -0.2) is 17.9 Å². The van der Waals surface area contributed by atoms with Gasteiger partial charge in [0.2, 0.25) is 0 Å². The van der Waals surface area contributed by atoms with Crippen LogP contribution in [-0.2, 0) is 9.59 Å². The fraction of sp³-hybridized carbons (Fsp3) is 0.200. The predicted octanol–water partition coefficient (Wildman–Crippen LogP) is 4.85. The number of amides is 2. The molecular weight excluding hydrogens is 476 g/mol. The third-order valence-electron chi connectivity index (χ3n) is 4.13. The summed E-state index contributed by atoms with van der Waals surface area (Å²) in [5.74, 6) is -0.131. The van der Waals surface area contributed by atoms with Gasteiger partial charge < -0.3 is 4.74 Å². The maximum absolute atomic E-state index is 12.7. The SMILES string of the molecule is CCC(C)Oc1c(Br)cc(C=C2C(=O)NN(c3ccccc3)C2=O)cc1Br. The number of ether oxygens (including phenoxy) is 1. The number of benzene rings is 2. The Kier molecular flexibility index (Phi) is 6.01. The van der Waals surface area contributed by atoms with E-state index in [1.165, 1.54) is 5.01 Å². The molecule has 140 valence electrons.